The van der Waals surface area contributed by atoms with Crippen LogP contribution in [0.15, 0.2) is 51.7 Å². The number of fused-ring (bicyclic) bond motifs is 3. The van der Waals surface area contributed by atoms with Gasteiger partial charge >= 0.3 is 11.6 Å². The third kappa shape index (κ3) is 4.80. The highest BCUT2D eigenvalue weighted by Crippen LogP contribution is 2.37. The van der Waals surface area contributed by atoms with Crippen LogP contribution in [-0.4, -0.2) is 31.3 Å². The molecule has 1 aromatic heterocycles. The van der Waals surface area contributed by atoms with E-state index < -0.39 is 0 Å². The molecule has 2 heterocycles. The molecule has 0 unspecified atom stereocenters. The lowest BCUT2D eigenvalue weighted by Crippen LogP contribution is -2.33. The van der Waals surface area contributed by atoms with Crippen LogP contribution in [0, 0.1) is 6.92 Å². The van der Waals surface area contributed by atoms with E-state index in [0.29, 0.717) is 25.3 Å². The molecular weight excluding hydrogens is 394 g/mol. The molecule has 31 heavy (non-hydrogen) atoms. The number of hydrogen-bond acceptors (Lipinski definition) is 6. The van der Waals surface area contributed by atoms with Gasteiger partial charge in [-0.05, 0) is 48.9 Å². The molecule has 0 spiro atoms. The second-order valence-corrected chi connectivity index (χ2v) is 7.96. The molecule has 0 radical (unpaired) electrons. The first kappa shape index (κ1) is 21.1. The van der Waals surface area contributed by atoms with Gasteiger partial charge in [0, 0.05) is 31.0 Å². The number of ether oxygens (including phenoxy) is 2. The predicted octanol–water partition coefficient (Wildman–Crippen LogP) is 3.99. The highest BCUT2D eigenvalue weighted by molar-refractivity contribution is 5.86. The van der Waals surface area contributed by atoms with E-state index in [4.69, 9.17) is 13.9 Å². The Morgan fingerprint density at radius 3 is 2.74 bits per heavy atom. The molecule has 1 aliphatic heterocycles. The van der Waals surface area contributed by atoms with E-state index in [9.17, 15) is 9.59 Å². The Morgan fingerprint density at radius 1 is 1.16 bits per heavy atom. The SMILES string of the molecule is COC(=O)CCc1cc2c(C)cc(=O)oc2c2c1OCN(CCCc1ccccc1)C2. The third-order valence-electron chi connectivity index (χ3n) is 5.75. The largest absolute Gasteiger partial charge is 0.477 e. The van der Waals surface area contributed by atoms with Crippen molar-refractivity contribution in [1.82, 2.24) is 4.90 Å². The maximum absolute atomic E-state index is 12.1. The first-order valence-electron chi connectivity index (χ1n) is 10.6. The molecule has 0 fully saturated rings. The Morgan fingerprint density at radius 2 is 1.97 bits per heavy atom. The van der Waals surface area contributed by atoms with Crippen molar-refractivity contribution in [2.75, 3.05) is 20.4 Å². The summed E-state index contributed by atoms with van der Waals surface area (Å²) in [5, 5.41) is 0.882. The number of rotatable bonds is 7. The lowest BCUT2D eigenvalue weighted by atomic mass is 9.97. The number of carbonyl (C=O) groups excluding carboxylic acids is 1. The van der Waals surface area contributed by atoms with Crippen LogP contribution >= 0.6 is 0 Å². The Labute approximate surface area is 181 Å². The average Bonchev–Trinajstić information content (AvgIpc) is 2.78. The van der Waals surface area contributed by atoms with E-state index in [0.717, 1.165) is 47.2 Å². The molecule has 1 aliphatic rings. The monoisotopic (exact) mass is 421 g/mol. The number of esters is 1. The zero-order valence-electron chi connectivity index (χ0n) is 18.0. The molecule has 3 aromatic rings. The summed E-state index contributed by atoms with van der Waals surface area (Å²) >= 11 is 0. The van der Waals surface area contributed by atoms with Crippen LogP contribution in [0.1, 0.15) is 35.1 Å². The standard InChI is InChI=1S/C25H27NO5/c1-17-13-23(28)31-25-20(17)14-19(10-11-22(27)29-2)24-21(25)15-26(16-30-24)12-6-9-18-7-4-3-5-8-18/h3-5,7-8,13-14H,6,9-12,15-16H2,1-2H3. The minimum atomic E-state index is -0.365. The molecule has 6 nitrogen and oxygen atoms in total. The van der Waals surface area contributed by atoms with Gasteiger partial charge in [-0.25, -0.2) is 4.79 Å². The summed E-state index contributed by atoms with van der Waals surface area (Å²) in [7, 11) is 1.39. The zero-order chi connectivity index (χ0) is 21.8. The molecule has 162 valence electrons. The Balaban J connectivity index is 1.59. The number of aryl methyl sites for hydroxylation is 3. The van der Waals surface area contributed by atoms with Crippen molar-refractivity contribution in [3.63, 3.8) is 0 Å². The fraction of sp³-hybridized carbons (Fsp3) is 0.360. The van der Waals surface area contributed by atoms with E-state index in [1.165, 1.54) is 18.7 Å². The minimum absolute atomic E-state index is 0.261. The zero-order valence-corrected chi connectivity index (χ0v) is 18.0. The van der Waals surface area contributed by atoms with Crippen LogP contribution in [-0.2, 0) is 28.9 Å². The van der Waals surface area contributed by atoms with Gasteiger partial charge in [0.15, 0.2) is 0 Å². The van der Waals surface area contributed by atoms with Crippen LogP contribution < -0.4 is 10.4 Å². The fourth-order valence-corrected chi connectivity index (χ4v) is 4.13. The summed E-state index contributed by atoms with van der Waals surface area (Å²) in [5.74, 6) is 0.466. The van der Waals surface area contributed by atoms with Gasteiger partial charge in [-0.15, -0.1) is 0 Å². The second-order valence-electron chi connectivity index (χ2n) is 7.96. The normalized spacial score (nSPS) is 13.6. The predicted molar refractivity (Wildman–Crippen MR) is 118 cm³/mol. The van der Waals surface area contributed by atoms with Crippen molar-refractivity contribution in [2.24, 2.45) is 0 Å². The van der Waals surface area contributed by atoms with Crippen LogP contribution in [0.4, 0.5) is 0 Å². The van der Waals surface area contributed by atoms with Gasteiger partial charge in [-0.2, -0.15) is 0 Å². The molecule has 0 bridgehead atoms. The number of methoxy groups -OCH3 is 1. The third-order valence-corrected chi connectivity index (χ3v) is 5.75. The molecule has 0 saturated carbocycles. The van der Waals surface area contributed by atoms with Crippen LogP contribution in [0.2, 0.25) is 0 Å². The smallest absolute Gasteiger partial charge is 0.336 e. The first-order chi connectivity index (χ1) is 15.0. The van der Waals surface area contributed by atoms with E-state index in [-0.39, 0.29) is 18.0 Å². The van der Waals surface area contributed by atoms with E-state index in [1.807, 2.05) is 19.1 Å². The highest BCUT2D eigenvalue weighted by Gasteiger charge is 2.25. The van der Waals surface area contributed by atoms with Gasteiger partial charge in [-0.3, -0.25) is 9.69 Å². The number of benzene rings is 2. The van der Waals surface area contributed by atoms with Gasteiger partial charge in [0.05, 0.1) is 12.7 Å². The van der Waals surface area contributed by atoms with Crippen molar-refractivity contribution >= 4 is 16.9 Å². The minimum Gasteiger partial charge on any atom is -0.477 e. The molecule has 0 amide bonds. The van der Waals surface area contributed by atoms with Crippen molar-refractivity contribution < 1.29 is 18.7 Å². The summed E-state index contributed by atoms with van der Waals surface area (Å²) in [6, 6.07) is 13.9. The quantitative estimate of drug-likeness (QED) is 0.424. The van der Waals surface area contributed by atoms with E-state index in [2.05, 4.69) is 29.2 Å². The maximum atomic E-state index is 12.1. The summed E-state index contributed by atoms with van der Waals surface area (Å²) in [5.41, 5.74) is 4.20. The van der Waals surface area contributed by atoms with Crippen molar-refractivity contribution in [3.8, 4) is 5.75 Å². The molecule has 0 N–H and O–H groups in total. The molecule has 0 saturated heterocycles. The topological polar surface area (TPSA) is 69.0 Å². The first-order valence-corrected chi connectivity index (χ1v) is 10.6. The average molecular weight is 421 g/mol. The lowest BCUT2D eigenvalue weighted by molar-refractivity contribution is -0.140. The van der Waals surface area contributed by atoms with Crippen molar-refractivity contribution in [1.29, 1.82) is 0 Å². The Hall–Kier alpha value is -3.12. The molecule has 4 rings (SSSR count). The van der Waals surface area contributed by atoms with Gasteiger partial charge in [0.2, 0.25) is 0 Å². The van der Waals surface area contributed by atoms with Gasteiger partial charge in [0.1, 0.15) is 18.1 Å². The summed E-state index contributed by atoms with van der Waals surface area (Å²) in [4.78, 5) is 26.0. The number of hydrogen-bond donors (Lipinski definition) is 0. The number of nitrogens with zero attached hydrogens (tertiary/aromatic N) is 1. The molecular formula is C25H27NO5. The van der Waals surface area contributed by atoms with Crippen molar-refractivity contribution in [3.05, 3.63) is 75.1 Å². The van der Waals surface area contributed by atoms with Gasteiger partial charge in [-0.1, -0.05) is 30.3 Å². The summed E-state index contributed by atoms with van der Waals surface area (Å²) in [6.45, 7) is 3.88. The molecule has 6 heteroatoms. The highest BCUT2D eigenvalue weighted by atomic mass is 16.5. The summed E-state index contributed by atoms with van der Waals surface area (Å²) in [6.07, 6.45) is 2.79. The molecule has 0 aliphatic carbocycles. The Kier molecular flexibility index (Phi) is 6.37. The van der Waals surface area contributed by atoms with E-state index >= 15 is 0 Å². The van der Waals surface area contributed by atoms with E-state index in [1.54, 1.807) is 0 Å². The van der Waals surface area contributed by atoms with Crippen LogP contribution in [0.25, 0.3) is 11.0 Å². The van der Waals surface area contributed by atoms with Gasteiger partial charge in [0.25, 0.3) is 0 Å². The van der Waals surface area contributed by atoms with Gasteiger partial charge < -0.3 is 13.9 Å². The van der Waals surface area contributed by atoms with Crippen LogP contribution in [0.5, 0.6) is 5.75 Å². The lowest BCUT2D eigenvalue weighted by Gasteiger charge is -2.31. The fourth-order valence-electron chi connectivity index (χ4n) is 4.13. The summed E-state index contributed by atoms with van der Waals surface area (Å²) < 4.78 is 16.5. The molecule has 0 atom stereocenters. The second kappa shape index (κ2) is 9.35. The van der Waals surface area contributed by atoms with Crippen molar-refractivity contribution in [2.45, 2.75) is 39.2 Å². The number of carbonyl (C=O) groups is 1. The Bertz CT molecular complexity index is 1140. The molecule has 2 aromatic carbocycles. The van der Waals surface area contributed by atoms with Crippen LogP contribution in [0.3, 0.4) is 0 Å². The maximum Gasteiger partial charge on any atom is 0.336 e.